The second-order valence-corrected chi connectivity index (χ2v) is 17.9. The highest BCUT2D eigenvalue weighted by Gasteiger charge is 2.23. The van der Waals surface area contributed by atoms with Gasteiger partial charge in [-0.2, -0.15) is 9.97 Å². The van der Waals surface area contributed by atoms with Crippen molar-refractivity contribution in [2.24, 2.45) is 0 Å². The largest absolute Gasteiger partial charge is 0.456 e. The topological polar surface area (TPSA) is 74.8 Å². The Morgan fingerprint density at radius 1 is 0.300 bits per heavy atom. The average molecular weight is 896 g/mol. The van der Waals surface area contributed by atoms with Gasteiger partial charge in [-0.05, 0) is 89.5 Å². The number of nitrogens with zero attached hydrogens (tertiary/aromatic N) is 5. The molecule has 7 heteroatoms. The summed E-state index contributed by atoms with van der Waals surface area (Å²) in [6, 6.07) is 78.6. The Bertz CT molecular complexity index is 4600. The number of fused-ring (bicyclic) bond motifs is 12. The minimum atomic E-state index is 0.509. The molecular weight excluding hydrogens is 859 g/mol. The molecule has 326 valence electrons. The summed E-state index contributed by atoms with van der Waals surface area (Å²) in [5.41, 5.74) is 14.7. The van der Waals surface area contributed by atoms with Gasteiger partial charge in [-0.25, -0.2) is 4.98 Å². The zero-order valence-corrected chi connectivity index (χ0v) is 37.4. The van der Waals surface area contributed by atoms with Gasteiger partial charge in [-0.15, -0.1) is 0 Å². The zero-order chi connectivity index (χ0) is 45.9. The maximum atomic E-state index is 6.70. The minimum absolute atomic E-state index is 0.509. The van der Waals surface area contributed by atoms with Crippen LogP contribution in [0.25, 0.3) is 144 Å². The molecule has 0 N–H and O–H groups in total. The van der Waals surface area contributed by atoms with Gasteiger partial charge in [0.1, 0.15) is 22.3 Å². The van der Waals surface area contributed by atoms with Gasteiger partial charge < -0.3 is 13.4 Å². The van der Waals surface area contributed by atoms with Gasteiger partial charge in [0, 0.05) is 65.5 Å². The summed E-state index contributed by atoms with van der Waals surface area (Å²) in [6.45, 7) is 0. The van der Waals surface area contributed by atoms with E-state index in [2.05, 4.69) is 197 Å². The molecule has 0 saturated carbocycles. The van der Waals surface area contributed by atoms with Gasteiger partial charge in [0.05, 0.1) is 22.1 Å². The molecule has 7 nitrogen and oxygen atoms in total. The van der Waals surface area contributed by atoms with E-state index in [1.54, 1.807) is 0 Å². The van der Waals surface area contributed by atoms with Crippen LogP contribution in [0, 0.1) is 0 Å². The van der Waals surface area contributed by atoms with Crippen LogP contribution in [0.4, 0.5) is 0 Å². The highest BCUT2D eigenvalue weighted by molar-refractivity contribution is 6.17. The molecule has 0 aliphatic rings. The molecule has 15 aromatic rings. The van der Waals surface area contributed by atoms with Crippen molar-refractivity contribution < 1.29 is 8.83 Å². The smallest absolute Gasteiger partial charge is 0.238 e. The third-order valence-corrected chi connectivity index (χ3v) is 14.0. The Hall–Kier alpha value is -9.59. The monoisotopic (exact) mass is 895 g/mol. The highest BCUT2D eigenvalue weighted by Crippen LogP contribution is 2.43. The van der Waals surface area contributed by atoms with E-state index in [0.717, 1.165) is 116 Å². The molecule has 5 aromatic heterocycles. The van der Waals surface area contributed by atoms with Gasteiger partial charge in [0.15, 0.2) is 11.6 Å². The number of hydrogen-bond donors (Lipinski definition) is 0. The lowest BCUT2D eigenvalue weighted by molar-refractivity contribution is 0.668. The van der Waals surface area contributed by atoms with Crippen molar-refractivity contribution >= 4 is 87.5 Å². The summed E-state index contributed by atoms with van der Waals surface area (Å²) in [5, 5.41) is 8.64. The van der Waals surface area contributed by atoms with Gasteiger partial charge in [-0.1, -0.05) is 152 Å². The van der Waals surface area contributed by atoms with Crippen molar-refractivity contribution in [3.8, 4) is 56.7 Å². The quantitative estimate of drug-likeness (QED) is 0.166. The summed E-state index contributed by atoms with van der Waals surface area (Å²) >= 11 is 0. The van der Waals surface area contributed by atoms with Crippen molar-refractivity contribution in [3.63, 3.8) is 0 Å². The fourth-order valence-electron chi connectivity index (χ4n) is 10.9. The molecule has 0 atom stereocenters. The summed E-state index contributed by atoms with van der Waals surface area (Å²) in [4.78, 5) is 16.2. The van der Waals surface area contributed by atoms with E-state index >= 15 is 0 Å². The van der Waals surface area contributed by atoms with E-state index in [1.807, 2.05) is 36.4 Å². The molecule has 0 amide bonds. The first-order chi connectivity index (χ1) is 34.7. The lowest BCUT2D eigenvalue weighted by Crippen LogP contribution is -2.06. The van der Waals surface area contributed by atoms with Crippen LogP contribution in [0.15, 0.2) is 233 Å². The van der Waals surface area contributed by atoms with Crippen LogP contribution in [0.1, 0.15) is 0 Å². The first kappa shape index (κ1) is 38.5. The van der Waals surface area contributed by atoms with Crippen LogP contribution >= 0.6 is 0 Å². The Morgan fingerprint density at radius 2 is 0.886 bits per heavy atom. The molecule has 10 aromatic carbocycles. The third-order valence-electron chi connectivity index (χ3n) is 14.0. The van der Waals surface area contributed by atoms with Crippen molar-refractivity contribution in [2.45, 2.75) is 0 Å². The first-order valence-electron chi connectivity index (χ1n) is 23.5. The molecule has 5 heterocycles. The van der Waals surface area contributed by atoms with Crippen LogP contribution in [-0.2, 0) is 0 Å². The van der Waals surface area contributed by atoms with Crippen LogP contribution in [0.5, 0.6) is 0 Å². The minimum Gasteiger partial charge on any atom is -0.456 e. The fourth-order valence-corrected chi connectivity index (χ4v) is 10.9. The Labute approximate surface area is 399 Å². The predicted molar refractivity (Wildman–Crippen MR) is 285 cm³/mol. The van der Waals surface area contributed by atoms with Crippen LogP contribution in [-0.4, -0.2) is 24.1 Å². The number of aromatic nitrogens is 5. The summed E-state index contributed by atoms with van der Waals surface area (Å²) in [6.07, 6.45) is 0. The van der Waals surface area contributed by atoms with E-state index in [9.17, 15) is 0 Å². The van der Waals surface area contributed by atoms with Crippen LogP contribution < -0.4 is 0 Å². The van der Waals surface area contributed by atoms with Crippen molar-refractivity contribution in [1.29, 1.82) is 0 Å². The highest BCUT2D eigenvalue weighted by atomic mass is 16.3. The Morgan fingerprint density at radius 3 is 1.74 bits per heavy atom. The zero-order valence-electron chi connectivity index (χ0n) is 37.4. The first-order valence-corrected chi connectivity index (χ1v) is 23.5. The third kappa shape index (κ3) is 5.79. The molecule has 0 bridgehead atoms. The maximum Gasteiger partial charge on any atom is 0.238 e. The lowest BCUT2D eigenvalue weighted by Gasteiger charge is -2.12. The second kappa shape index (κ2) is 15.0. The predicted octanol–water partition coefficient (Wildman–Crippen LogP) is 16.5. The summed E-state index contributed by atoms with van der Waals surface area (Å²) in [7, 11) is 0. The number of rotatable bonds is 6. The molecular formula is C63H37N5O2. The number of para-hydroxylation sites is 5. The van der Waals surface area contributed by atoms with Gasteiger partial charge in [0.25, 0.3) is 0 Å². The molecule has 0 spiro atoms. The standard InChI is InChI=1S/C63H37N5O2/c1-3-15-38(16-4-1)39-30-33-54-50(35-39)45-20-8-11-26-53(45)68(54)63-65-61(41-29-32-47-46-21-9-12-27-55(46)70-58(47)37-41)64-62(66-63)49-24-14-28-57-59(49)51-36-40(31-34-56(51)69-57)43-22-13-23-48-44-19-7-10-25-52(44)67(60(43)48)42-17-5-2-6-18-42/h1-37H. The molecule has 0 aliphatic carbocycles. The number of furan rings is 2. The normalized spacial score (nSPS) is 12.0. The maximum absolute atomic E-state index is 6.70. The van der Waals surface area contributed by atoms with Crippen LogP contribution in [0.3, 0.4) is 0 Å². The summed E-state index contributed by atoms with van der Waals surface area (Å²) < 4.78 is 17.7. The molecule has 0 unspecified atom stereocenters. The molecule has 15 rings (SSSR count). The van der Waals surface area contributed by atoms with Crippen molar-refractivity contribution in [3.05, 3.63) is 224 Å². The molecule has 70 heavy (non-hydrogen) atoms. The summed E-state index contributed by atoms with van der Waals surface area (Å²) in [5.74, 6) is 1.57. The van der Waals surface area contributed by atoms with Crippen molar-refractivity contribution in [2.75, 3.05) is 0 Å². The second-order valence-electron chi connectivity index (χ2n) is 17.9. The fraction of sp³-hybridized carbons (Fsp3) is 0. The molecule has 0 radical (unpaired) electrons. The van der Waals surface area contributed by atoms with Gasteiger partial charge >= 0.3 is 0 Å². The average Bonchev–Trinajstić information content (AvgIpc) is 4.18. The van der Waals surface area contributed by atoms with E-state index in [-0.39, 0.29) is 0 Å². The molecule has 0 fully saturated rings. The molecule has 0 saturated heterocycles. The van der Waals surface area contributed by atoms with Crippen LogP contribution in [0.2, 0.25) is 0 Å². The number of benzene rings is 10. The van der Waals surface area contributed by atoms with E-state index in [0.29, 0.717) is 17.6 Å². The van der Waals surface area contributed by atoms with E-state index in [4.69, 9.17) is 23.8 Å². The lowest BCUT2D eigenvalue weighted by atomic mass is 9.98. The number of hydrogen-bond acceptors (Lipinski definition) is 5. The van der Waals surface area contributed by atoms with E-state index < -0.39 is 0 Å². The Balaban J connectivity index is 0.974. The van der Waals surface area contributed by atoms with Gasteiger partial charge in [-0.3, -0.25) is 4.57 Å². The van der Waals surface area contributed by atoms with Gasteiger partial charge in [0.2, 0.25) is 5.95 Å². The van der Waals surface area contributed by atoms with E-state index in [1.165, 1.54) is 10.8 Å². The Kier molecular flexibility index (Phi) is 8.23. The SMILES string of the molecule is c1ccc(-c2ccc3c(c2)c2ccccc2n3-c2nc(-c3ccc4c(c3)oc3ccccc34)nc(-c3cccc4oc5ccc(-c6cccc7c8ccccc8n(-c8ccccc8)c67)cc5c34)n2)cc1. The van der Waals surface area contributed by atoms with Crippen molar-refractivity contribution in [1.82, 2.24) is 24.1 Å². The molecule has 0 aliphatic heterocycles.